The summed E-state index contributed by atoms with van der Waals surface area (Å²) in [6.45, 7) is 1.89. The molecule has 0 saturated heterocycles. The van der Waals surface area contributed by atoms with Gasteiger partial charge in [-0.25, -0.2) is 8.78 Å². The summed E-state index contributed by atoms with van der Waals surface area (Å²) in [5, 5.41) is -2.14. The van der Waals surface area contributed by atoms with Gasteiger partial charge in [0, 0.05) is 13.1 Å². The van der Waals surface area contributed by atoms with Gasteiger partial charge in [-0.1, -0.05) is 0 Å². The molecule has 0 fully saturated rings. The first-order valence-corrected chi connectivity index (χ1v) is 5.68. The Hall–Kier alpha value is -0.853. The molecule has 3 nitrogen and oxygen atoms in total. The number of halogens is 3. The van der Waals surface area contributed by atoms with Crippen molar-refractivity contribution < 1.29 is 22.4 Å². The van der Waals surface area contributed by atoms with Crippen LogP contribution in [0.2, 0.25) is 5.04 Å². The first-order chi connectivity index (χ1) is 6.65. The molecule has 1 heterocycles. The quantitative estimate of drug-likeness (QED) is 0.556. The SMILES string of the molecule is CN1C(F)=CC(F)C(C)([Si](=O)O)C1(C)F. The minimum absolute atomic E-state index is 0.514. The average Bonchev–Trinajstić information content (AvgIpc) is 2.12. The molecule has 86 valence electrons. The molecule has 0 aromatic heterocycles. The molecule has 0 aliphatic carbocycles. The van der Waals surface area contributed by atoms with E-state index in [4.69, 9.17) is 4.80 Å². The predicted molar refractivity (Wildman–Crippen MR) is 48.4 cm³/mol. The fourth-order valence-electron chi connectivity index (χ4n) is 1.51. The van der Waals surface area contributed by atoms with Gasteiger partial charge in [-0.15, -0.1) is 0 Å². The molecule has 0 aromatic rings. The van der Waals surface area contributed by atoms with Crippen LogP contribution in [0.5, 0.6) is 0 Å². The van der Waals surface area contributed by atoms with E-state index in [9.17, 15) is 17.6 Å². The van der Waals surface area contributed by atoms with Crippen molar-refractivity contribution in [3.63, 3.8) is 0 Å². The lowest BCUT2D eigenvalue weighted by molar-refractivity contribution is -0.0692. The molecule has 0 radical (unpaired) electrons. The van der Waals surface area contributed by atoms with Gasteiger partial charge in [0.1, 0.15) is 11.2 Å². The van der Waals surface area contributed by atoms with Crippen molar-refractivity contribution in [1.82, 2.24) is 4.90 Å². The van der Waals surface area contributed by atoms with E-state index in [-0.39, 0.29) is 0 Å². The number of rotatable bonds is 1. The summed E-state index contributed by atoms with van der Waals surface area (Å²) in [4.78, 5) is 9.56. The lowest BCUT2D eigenvalue weighted by Gasteiger charge is -2.46. The molecule has 1 N–H and O–H groups in total. The van der Waals surface area contributed by atoms with Crippen molar-refractivity contribution in [2.45, 2.75) is 30.9 Å². The van der Waals surface area contributed by atoms with Crippen molar-refractivity contribution in [2.75, 3.05) is 7.05 Å². The van der Waals surface area contributed by atoms with E-state index in [1.165, 1.54) is 0 Å². The van der Waals surface area contributed by atoms with E-state index in [2.05, 4.69) is 0 Å². The number of hydrogen-bond donors (Lipinski definition) is 1. The zero-order chi connectivity index (χ0) is 12.0. The van der Waals surface area contributed by atoms with Gasteiger partial charge in [-0.05, 0) is 13.8 Å². The van der Waals surface area contributed by atoms with Gasteiger partial charge < -0.3 is 14.2 Å². The van der Waals surface area contributed by atoms with Crippen LogP contribution in [-0.2, 0) is 4.46 Å². The van der Waals surface area contributed by atoms with Crippen molar-refractivity contribution >= 4 is 8.93 Å². The molecular weight excluding hydrogens is 227 g/mol. The van der Waals surface area contributed by atoms with Crippen LogP contribution in [0.15, 0.2) is 12.0 Å². The Morgan fingerprint density at radius 1 is 1.60 bits per heavy atom. The Morgan fingerprint density at radius 2 is 2.07 bits per heavy atom. The van der Waals surface area contributed by atoms with Gasteiger partial charge in [0.05, 0.1) is 0 Å². The molecule has 0 spiro atoms. The van der Waals surface area contributed by atoms with Crippen molar-refractivity contribution in [1.29, 1.82) is 0 Å². The zero-order valence-corrected chi connectivity index (χ0v) is 9.59. The fourth-order valence-corrected chi connectivity index (χ4v) is 2.39. The molecule has 3 unspecified atom stereocenters. The van der Waals surface area contributed by atoms with Crippen LogP contribution >= 0.6 is 0 Å². The maximum absolute atomic E-state index is 14.1. The summed E-state index contributed by atoms with van der Waals surface area (Å²) in [5.74, 6) is -3.62. The van der Waals surface area contributed by atoms with Gasteiger partial charge in [0.2, 0.25) is 0 Å². The van der Waals surface area contributed by atoms with E-state index in [0.29, 0.717) is 11.0 Å². The highest BCUT2D eigenvalue weighted by Crippen LogP contribution is 2.52. The fraction of sp³-hybridized carbons (Fsp3) is 0.750. The minimum atomic E-state index is -3.50. The summed E-state index contributed by atoms with van der Waals surface area (Å²) in [7, 11) is -2.43. The highest BCUT2D eigenvalue weighted by Gasteiger charge is 2.63. The second-order valence-corrected chi connectivity index (χ2v) is 5.56. The minimum Gasteiger partial charge on any atom is -0.539 e. The maximum atomic E-state index is 14.1. The zero-order valence-electron chi connectivity index (χ0n) is 8.59. The monoisotopic (exact) mass is 239 g/mol. The summed E-state index contributed by atoms with van der Waals surface area (Å²) in [5.41, 5.74) is 0. The van der Waals surface area contributed by atoms with Gasteiger partial charge >= 0.3 is 8.93 Å². The smallest absolute Gasteiger partial charge is 0.515 e. The number of allylic oxidation sites excluding steroid dienone is 1. The largest absolute Gasteiger partial charge is 0.539 e. The van der Waals surface area contributed by atoms with Crippen LogP contribution < -0.4 is 0 Å². The summed E-state index contributed by atoms with van der Waals surface area (Å²) in [6.07, 6.45) is -1.61. The predicted octanol–water partition coefficient (Wildman–Crippen LogP) is 1.44. The summed E-state index contributed by atoms with van der Waals surface area (Å²) >= 11 is 0. The van der Waals surface area contributed by atoms with Crippen LogP contribution in [0.25, 0.3) is 0 Å². The Labute approximate surface area is 87.0 Å². The molecule has 7 heteroatoms. The first-order valence-electron chi connectivity index (χ1n) is 4.33. The normalized spacial score (nSPS) is 41.3. The molecule has 15 heavy (non-hydrogen) atoms. The van der Waals surface area contributed by atoms with E-state index in [1.54, 1.807) is 0 Å². The number of hydrogen-bond acceptors (Lipinski definition) is 2. The lowest BCUT2D eigenvalue weighted by Crippen LogP contribution is -2.58. The Balaban J connectivity index is 3.35. The van der Waals surface area contributed by atoms with Crippen LogP contribution in [0.4, 0.5) is 13.2 Å². The lowest BCUT2D eigenvalue weighted by atomic mass is 9.90. The second kappa shape index (κ2) is 3.33. The van der Waals surface area contributed by atoms with Crippen molar-refractivity contribution in [3.05, 3.63) is 12.0 Å². The van der Waals surface area contributed by atoms with Gasteiger partial charge in [0.25, 0.3) is 0 Å². The maximum Gasteiger partial charge on any atom is 0.515 e. The van der Waals surface area contributed by atoms with E-state index < -0.39 is 31.9 Å². The van der Waals surface area contributed by atoms with Crippen LogP contribution in [0.3, 0.4) is 0 Å². The number of nitrogens with zero attached hydrogens (tertiary/aromatic N) is 1. The van der Waals surface area contributed by atoms with E-state index in [0.717, 1.165) is 20.9 Å². The molecule has 1 aliphatic rings. The van der Waals surface area contributed by atoms with E-state index >= 15 is 0 Å². The third-order valence-electron chi connectivity index (χ3n) is 3.18. The molecular formula is C8H12F3NO2Si. The highest BCUT2D eigenvalue weighted by molar-refractivity contribution is 6.39. The third kappa shape index (κ3) is 1.40. The molecule has 3 atom stereocenters. The molecule has 0 saturated carbocycles. The first kappa shape index (κ1) is 12.2. The van der Waals surface area contributed by atoms with Crippen LogP contribution in [0.1, 0.15) is 13.8 Å². The molecule has 0 amide bonds. The average molecular weight is 239 g/mol. The second-order valence-electron chi connectivity index (χ2n) is 3.91. The molecule has 1 aliphatic heterocycles. The van der Waals surface area contributed by atoms with Crippen LogP contribution in [-0.4, -0.2) is 37.6 Å². The number of alkyl halides is 2. The van der Waals surface area contributed by atoms with Gasteiger partial charge in [-0.3, -0.25) is 0 Å². The Morgan fingerprint density at radius 3 is 2.47 bits per heavy atom. The molecule has 0 aromatic carbocycles. The Bertz CT molecular complexity index is 334. The van der Waals surface area contributed by atoms with Gasteiger partial charge in [-0.2, -0.15) is 4.39 Å². The van der Waals surface area contributed by atoms with Crippen molar-refractivity contribution in [3.8, 4) is 0 Å². The third-order valence-corrected chi connectivity index (χ3v) is 4.80. The molecule has 1 rings (SSSR count). The highest BCUT2D eigenvalue weighted by atomic mass is 28.3. The van der Waals surface area contributed by atoms with E-state index in [1.807, 2.05) is 0 Å². The van der Waals surface area contributed by atoms with Crippen LogP contribution in [0, 0.1) is 0 Å². The summed E-state index contributed by atoms with van der Waals surface area (Å²) < 4.78 is 51.8. The Kier molecular flexibility index (Phi) is 2.71. The molecule has 0 bridgehead atoms. The van der Waals surface area contributed by atoms with Gasteiger partial charge in [0.15, 0.2) is 11.7 Å². The standard InChI is InChI=1S/C8H12F3NO2Si/c1-7(15(13)14)5(9)4-6(10)12(3)8(7,2)11/h4-5,13H,1-3H3. The summed E-state index contributed by atoms with van der Waals surface area (Å²) in [6, 6.07) is 0. The van der Waals surface area contributed by atoms with Crippen molar-refractivity contribution in [2.24, 2.45) is 0 Å². The topological polar surface area (TPSA) is 40.5 Å².